The molecule has 0 fully saturated rings. The van der Waals surface area contributed by atoms with Crippen LogP contribution in [-0.4, -0.2) is 9.97 Å². The second-order valence-corrected chi connectivity index (χ2v) is 6.01. The van der Waals surface area contributed by atoms with Crippen LogP contribution in [0.3, 0.4) is 0 Å². The molecule has 0 bridgehead atoms. The van der Waals surface area contributed by atoms with E-state index < -0.39 is 0 Å². The summed E-state index contributed by atoms with van der Waals surface area (Å²) < 4.78 is 0. The zero-order chi connectivity index (χ0) is 16.9. The number of aromatic nitrogens is 2. The van der Waals surface area contributed by atoms with Crippen molar-refractivity contribution in [3.63, 3.8) is 0 Å². The van der Waals surface area contributed by atoms with E-state index in [4.69, 9.17) is 0 Å². The maximum Gasteiger partial charge on any atom is 0.135 e. The Morgan fingerprint density at radius 2 is 1.62 bits per heavy atom. The van der Waals surface area contributed by atoms with E-state index in [0.717, 1.165) is 17.3 Å². The molecule has 0 saturated heterocycles. The first-order chi connectivity index (χ1) is 11.6. The summed E-state index contributed by atoms with van der Waals surface area (Å²) >= 11 is 0. The zero-order valence-electron chi connectivity index (χ0n) is 14.2. The topological polar surface area (TPSA) is 49.8 Å². The average molecular weight is 318 g/mol. The largest absolute Gasteiger partial charge is 0.363 e. The van der Waals surface area contributed by atoms with Crippen LogP contribution >= 0.6 is 0 Å². The molecule has 0 amide bonds. The van der Waals surface area contributed by atoms with Crippen molar-refractivity contribution in [3.8, 4) is 0 Å². The number of anilines is 3. The van der Waals surface area contributed by atoms with E-state index in [1.165, 1.54) is 16.7 Å². The van der Waals surface area contributed by atoms with E-state index in [0.29, 0.717) is 0 Å². The molecule has 0 saturated carbocycles. The van der Waals surface area contributed by atoms with Crippen LogP contribution in [0.4, 0.5) is 17.3 Å². The molecule has 0 radical (unpaired) electrons. The van der Waals surface area contributed by atoms with Crippen LogP contribution in [0, 0.1) is 13.8 Å². The van der Waals surface area contributed by atoms with Crippen molar-refractivity contribution >= 4 is 17.3 Å². The second kappa shape index (κ2) is 7.13. The van der Waals surface area contributed by atoms with Crippen LogP contribution in [0.5, 0.6) is 0 Å². The van der Waals surface area contributed by atoms with E-state index in [9.17, 15) is 0 Å². The lowest BCUT2D eigenvalue weighted by Crippen LogP contribution is -2.08. The summed E-state index contributed by atoms with van der Waals surface area (Å²) in [5.41, 5.74) is 4.69. The number of hydrogen-bond donors (Lipinski definition) is 2. The monoisotopic (exact) mass is 318 g/mol. The van der Waals surface area contributed by atoms with E-state index in [1.54, 1.807) is 6.33 Å². The minimum atomic E-state index is 0.176. The van der Waals surface area contributed by atoms with Crippen molar-refractivity contribution in [3.05, 3.63) is 77.6 Å². The lowest BCUT2D eigenvalue weighted by Gasteiger charge is -2.16. The van der Waals surface area contributed by atoms with E-state index in [-0.39, 0.29) is 6.04 Å². The van der Waals surface area contributed by atoms with Gasteiger partial charge in [-0.25, -0.2) is 9.97 Å². The van der Waals surface area contributed by atoms with Crippen molar-refractivity contribution in [2.24, 2.45) is 0 Å². The molecule has 2 N–H and O–H groups in total. The molecule has 4 heteroatoms. The molecule has 2 aromatic carbocycles. The number of hydrogen-bond acceptors (Lipinski definition) is 4. The normalized spacial score (nSPS) is 11.8. The molecule has 0 spiro atoms. The van der Waals surface area contributed by atoms with Crippen molar-refractivity contribution in [1.29, 1.82) is 0 Å². The minimum Gasteiger partial charge on any atom is -0.363 e. The van der Waals surface area contributed by atoms with Gasteiger partial charge in [0.1, 0.15) is 18.0 Å². The van der Waals surface area contributed by atoms with Crippen molar-refractivity contribution in [1.82, 2.24) is 9.97 Å². The van der Waals surface area contributed by atoms with Crippen LogP contribution in [-0.2, 0) is 0 Å². The summed E-state index contributed by atoms with van der Waals surface area (Å²) in [4.78, 5) is 8.65. The molecule has 3 aromatic rings. The standard InChI is InChI=1S/C20H22N4/c1-14-9-10-15(2)18(11-14)24-20-12-19(21-13-22-20)23-16(3)17-7-5-4-6-8-17/h4-13,16H,1-3H3,(H2,21,22,23,24). The van der Waals surface area contributed by atoms with Gasteiger partial charge in [0.15, 0.2) is 0 Å². The molecule has 24 heavy (non-hydrogen) atoms. The Labute approximate surface area is 143 Å². The Kier molecular flexibility index (Phi) is 4.75. The van der Waals surface area contributed by atoms with Gasteiger partial charge in [-0.2, -0.15) is 0 Å². The van der Waals surface area contributed by atoms with Crippen LogP contribution in [0.15, 0.2) is 60.9 Å². The maximum atomic E-state index is 4.32. The van der Waals surface area contributed by atoms with Crippen LogP contribution in [0.2, 0.25) is 0 Å². The van der Waals surface area contributed by atoms with Gasteiger partial charge >= 0.3 is 0 Å². The number of nitrogens with one attached hydrogen (secondary N) is 2. The van der Waals surface area contributed by atoms with Gasteiger partial charge in [0.25, 0.3) is 0 Å². The third kappa shape index (κ3) is 3.90. The number of rotatable bonds is 5. The molecule has 0 aliphatic heterocycles. The summed E-state index contributed by atoms with van der Waals surface area (Å²) in [5.74, 6) is 1.58. The SMILES string of the molecule is Cc1ccc(C)c(Nc2cc(NC(C)c3ccccc3)ncn2)c1. The van der Waals surface area contributed by atoms with Crippen LogP contribution in [0.1, 0.15) is 29.7 Å². The molecule has 122 valence electrons. The Hall–Kier alpha value is -2.88. The second-order valence-electron chi connectivity index (χ2n) is 6.01. The van der Waals surface area contributed by atoms with E-state index >= 15 is 0 Å². The van der Waals surface area contributed by atoms with E-state index in [2.05, 4.69) is 71.7 Å². The minimum absolute atomic E-state index is 0.176. The fraction of sp³-hybridized carbons (Fsp3) is 0.200. The van der Waals surface area contributed by atoms with Gasteiger partial charge in [0.05, 0.1) is 0 Å². The first-order valence-electron chi connectivity index (χ1n) is 8.09. The summed E-state index contributed by atoms with van der Waals surface area (Å²) in [6.45, 7) is 6.29. The van der Waals surface area contributed by atoms with Gasteiger partial charge in [0.2, 0.25) is 0 Å². The Bertz CT molecular complexity index is 815. The highest BCUT2D eigenvalue weighted by Crippen LogP contribution is 2.23. The molecule has 4 nitrogen and oxygen atoms in total. The molecule has 0 aliphatic carbocycles. The molecule has 1 unspecified atom stereocenters. The van der Waals surface area contributed by atoms with Gasteiger partial charge in [0, 0.05) is 17.8 Å². The number of nitrogens with zero attached hydrogens (tertiary/aromatic N) is 2. The van der Waals surface area contributed by atoms with Crippen molar-refractivity contribution in [2.45, 2.75) is 26.8 Å². The predicted octanol–water partition coefficient (Wildman–Crippen LogP) is 5.01. The maximum absolute atomic E-state index is 4.32. The third-order valence-electron chi connectivity index (χ3n) is 3.99. The van der Waals surface area contributed by atoms with Gasteiger partial charge in [-0.15, -0.1) is 0 Å². The molecule has 1 atom stereocenters. The van der Waals surface area contributed by atoms with E-state index in [1.807, 2.05) is 24.3 Å². The molecule has 0 aliphatic rings. The molecular formula is C20H22N4. The Balaban J connectivity index is 1.76. The van der Waals surface area contributed by atoms with Crippen molar-refractivity contribution < 1.29 is 0 Å². The summed E-state index contributed by atoms with van der Waals surface area (Å²) in [6, 6.07) is 18.8. The first-order valence-corrected chi connectivity index (χ1v) is 8.09. The highest BCUT2D eigenvalue weighted by atomic mass is 15.1. The number of benzene rings is 2. The number of aryl methyl sites for hydroxylation is 2. The lowest BCUT2D eigenvalue weighted by atomic mass is 10.1. The quantitative estimate of drug-likeness (QED) is 0.694. The third-order valence-corrected chi connectivity index (χ3v) is 3.99. The van der Waals surface area contributed by atoms with Crippen LogP contribution in [0.25, 0.3) is 0 Å². The smallest absolute Gasteiger partial charge is 0.135 e. The highest BCUT2D eigenvalue weighted by Gasteiger charge is 2.07. The Morgan fingerprint density at radius 3 is 2.42 bits per heavy atom. The van der Waals surface area contributed by atoms with Crippen LogP contribution < -0.4 is 10.6 Å². The van der Waals surface area contributed by atoms with Crippen molar-refractivity contribution in [2.75, 3.05) is 10.6 Å². The average Bonchev–Trinajstić information content (AvgIpc) is 2.59. The van der Waals surface area contributed by atoms with Gasteiger partial charge in [-0.1, -0.05) is 42.5 Å². The summed E-state index contributed by atoms with van der Waals surface area (Å²) in [6.07, 6.45) is 1.58. The highest BCUT2D eigenvalue weighted by molar-refractivity contribution is 5.63. The lowest BCUT2D eigenvalue weighted by molar-refractivity contribution is 0.872. The van der Waals surface area contributed by atoms with Gasteiger partial charge in [-0.05, 0) is 43.5 Å². The van der Waals surface area contributed by atoms with Gasteiger partial charge < -0.3 is 10.6 Å². The fourth-order valence-corrected chi connectivity index (χ4v) is 2.56. The zero-order valence-corrected chi connectivity index (χ0v) is 14.2. The summed E-state index contributed by atoms with van der Waals surface area (Å²) in [5, 5.41) is 6.79. The molecule has 3 rings (SSSR count). The molecular weight excluding hydrogens is 296 g/mol. The molecule has 1 aromatic heterocycles. The summed E-state index contributed by atoms with van der Waals surface area (Å²) in [7, 11) is 0. The molecule has 1 heterocycles. The first kappa shape index (κ1) is 16.0. The fourth-order valence-electron chi connectivity index (χ4n) is 2.56. The Morgan fingerprint density at radius 1 is 0.875 bits per heavy atom. The van der Waals surface area contributed by atoms with Gasteiger partial charge in [-0.3, -0.25) is 0 Å². The predicted molar refractivity (Wildman–Crippen MR) is 99.7 cm³/mol.